The van der Waals surface area contributed by atoms with E-state index in [0.29, 0.717) is 23.7 Å². The van der Waals surface area contributed by atoms with Crippen LogP contribution in [0.3, 0.4) is 0 Å². The molecule has 0 aromatic carbocycles. The third kappa shape index (κ3) is 2.42. The molecule has 5 saturated carbocycles. The fraction of sp³-hybridized carbons (Fsp3) is 0.944. The Morgan fingerprint density at radius 1 is 1.00 bits per heavy atom. The number of hydrogen-bond acceptors (Lipinski definition) is 2. The van der Waals surface area contributed by atoms with Gasteiger partial charge in [0.1, 0.15) is 0 Å². The highest BCUT2D eigenvalue weighted by molar-refractivity contribution is 5.79. The molecule has 0 unspecified atom stereocenters. The Bertz CT molecular complexity index is 385. The highest BCUT2D eigenvalue weighted by Gasteiger charge is 2.50. The van der Waals surface area contributed by atoms with Crippen molar-refractivity contribution in [1.29, 1.82) is 0 Å². The van der Waals surface area contributed by atoms with Gasteiger partial charge in [0.15, 0.2) is 0 Å². The first-order valence-corrected chi connectivity index (χ1v) is 9.17. The van der Waals surface area contributed by atoms with Crippen molar-refractivity contribution in [3.63, 3.8) is 0 Å². The number of nitrogens with one attached hydrogen (secondary N) is 1. The van der Waals surface area contributed by atoms with Crippen molar-refractivity contribution in [2.75, 3.05) is 13.1 Å². The van der Waals surface area contributed by atoms with Gasteiger partial charge in [0.25, 0.3) is 0 Å². The fourth-order valence-electron chi connectivity index (χ4n) is 6.32. The molecule has 0 heterocycles. The third-order valence-electron chi connectivity index (χ3n) is 7.26. The van der Waals surface area contributed by atoms with Crippen LogP contribution >= 0.6 is 0 Å². The van der Waals surface area contributed by atoms with Gasteiger partial charge in [-0.25, -0.2) is 0 Å². The smallest absolute Gasteiger partial charge is 0.223 e. The second kappa shape index (κ2) is 5.26. The predicted molar refractivity (Wildman–Crippen MR) is 83.5 cm³/mol. The van der Waals surface area contributed by atoms with E-state index in [9.17, 15) is 4.79 Å². The molecule has 5 rings (SSSR count). The van der Waals surface area contributed by atoms with Crippen molar-refractivity contribution in [1.82, 2.24) is 5.32 Å². The van der Waals surface area contributed by atoms with Crippen molar-refractivity contribution in [3.05, 3.63) is 0 Å². The van der Waals surface area contributed by atoms with Gasteiger partial charge in [0.2, 0.25) is 5.91 Å². The molecule has 5 fully saturated rings. The Balaban J connectivity index is 1.39. The maximum absolute atomic E-state index is 12.8. The maximum atomic E-state index is 12.8. The summed E-state index contributed by atoms with van der Waals surface area (Å²) in [7, 11) is 0. The number of carbonyl (C=O) groups excluding carboxylic acids is 1. The summed E-state index contributed by atoms with van der Waals surface area (Å²) in [5.41, 5.74) is 6.21. The molecule has 5 aliphatic rings. The van der Waals surface area contributed by atoms with Crippen molar-refractivity contribution < 1.29 is 4.79 Å². The SMILES string of the molecule is NCC1(CNC(=O)C2C3CC4CC(C3)CC2C4)CCCC1. The van der Waals surface area contributed by atoms with E-state index in [1.807, 2.05) is 0 Å². The van der Waals surface area contributed by atoms with Crippen molar-refractivity contribution in [3.8, 4) is 0 Å². The molecule has 0 aliphatic heterocycles. The minimum atomic E-state index is 0.210. The van der Waals surface area contributed by atoms with Crippen LogP contribution in [-0.2, 0) is 4.79 Å². The normalized spacial score (nSPS) is 43.2. The second-order valence-corrected chi connectivity index (χ2v) is 8.59. The molecule has 118 valence electrons. The molecule has 1 amide bonds. The molecule has 3 nitrogen and oxygen atoms in total. The Morgan fingerprint density at radius 2 is 1.57 bits per heavy atom. The molecule has 0 saturated heterocycles. The maximum Gasteiger partial charge on any atom is 0.223 e. The largest absolute Gasteiger partial charge is 0.355 e. The Hall–Kier alpha value is -0.570. The molecule has 0 spiro atoms. The van der Waals surface area contributed by atoms with Crippen molar-refractivity contribution >= 4 is 5.91 Å². The van der Waals surface area contributed by atoms with Crippen LogP contribution in [0.1, 0.15) is 57.8 Å². The van der Waals surface area contributed by atoms with Crippen LogP contribution < -0.4 is 11.1 Å². The summed E-state index contributed by atoms with van der Waals surface area (Å²) in [4.78, 5) is 12.8. The van der Waals surface area contributed by atoms with Gasteiger partial charge in [-0.05, 0) is 80.6 Å². The first kappa shape index (κ1) is 14.0. The Kier molecular flexibility index (Phi) is 3.52. The molecule has 21 heavy (non-hydrogen) atoms. The zero-order chi connectivity index (χ0) is 14.4. The average molecular weight is 290 g/mol. The molecule has 0 aromatic rings. The summed E-state index contributed by atoms with van der Waals surface area (Å²) in [6, 6.07) is 0. The lowest BCUT2D eigenvalue weighted by atomic mass is 9.51. The Labute approximate surface area is 128 Å². The van der Waals surface area contributed by atoms with Crippen molar-refractivity contribution in [2.45, 2.75) is 57.8 Å². The molecule has 5 aliphatic carbocycles. The lowest BCUT2D eigenvalue weighted by Gasteiger charge is -2.53. The molecule has 4 bridgehead atoms. The van der Waals surface area contributed by atoms with Crippen LogP contribution in [0.2, 0.25) is 0 Å². The zero-order valence-corrected chi connectivity index (χ0v) is 13.2. The quantitative estimate of drug-likeness (QED) is 0.836. The van der Waals surface area contributed by atoms with Crippen LogP contribution in [0.4, 0.5) is 0 Å². The fourth-order valence-corrected chi connectivity index (χ4v) is 6.32. The first-order valence-electron chi connectivity index (χ1n) is 9.17. The minimum Gasteiger partial charge on any atom is -0.355 e. The number of amides is 1. The summed E-state index contributed by atoms with van der Waals surface area (Å²) in [6.45, 7) is 1.56. The number of hydrogen-bond donors (Lipinski definition) is 2. The van der Waals surface area contributed by atoms with Crippen LogP contribution in [0.5, 0.6) is 0 Å². The highest BCUT2D eigenvalue weighted by Crippen LogP contribution is 2.56. The molecule has 0 atom stereocenters. The zero-order valence-electron chi connectivity index (χ0n) is 13.2. The van der Waals surface area contributed by atoms with Gasteiger partial charge in [-0.3, -0.25) is 4.79 Å². The number of rotatable bonds is 4. The lowest BCUT2D eigenvalue weighted by Crippen LogP contribution is -2.52. The summed E-state index contributed by atoms with van der Waals surface area (Å²) in [6.07, 6.45) is 11.7. The number of carbonyl (C=O) groups is 1. The molecular weight excluding hydrogens is 260 g/mol. The molecule has 0 aromatic heterocycles. The van der Waals surface area contributed by atoms with Crippen LogP contribution in [0.15, 0.2) is 0 Å². The number of nitrogens with two attached hydrogens (primary N) is 1. The van der Waals surface area contributed by atoms with E-state index in [2.05, 4.69) is 5.32 Å². The summed E-state index contributed by atoms with van der Waals surface area (Å²) >= 11 is 0. The van der Waals surface area contributed by atoms with Crippen LogP contribution in [0, 0.1) is 35.0 Å². The summed E-state index contributed by atoms with van der Waals surface area (Å²) in [5.74, 6) is 3.97. The van der Waals surface area contributed by atoms with Crippen LogP contribution in [0.25, 0.3) is 0 Å². The summed E-state index contributed by atoms with van der Waals surface area (Å²) in [5, 5.41) is 3.33. The van der Waals surface area contributed by atoms with Gasteiger partial charge in [-0.15, -0.1) is 0 Å². The molecule has 3 N–H and O–H groups in total. The van der Waals surface area contributed by atoms with Gasteiger partial charge in [0.05, 0.1) is 0 Å². The van der Waals surface area contributed by atoms with Gasteiger partial charge in [0, 0.05) is 12.5 Å². The first-order chi connectivity index (χ1) is 10.2. The Morgan fingerprint density at radius 3 is 2.10 bits per heavy atom. The third-order valence-corrected chi connectivity index (χ3v) is 7.26. The molecule has 0 radical (unpaired) electrons. The van der Waals surface area contributed by atoms with E-state index < -0.39 is 0 Å². The van der Waals surface area contributed by atoms with E-state index in [4.69, 9.17) is 5.73 Å². The highest BCUT2D eigenvalue weighted by atomic mass is 16.1. The standard InChI is InChI=1S/C18H30N2O/c19-10-18(3-1-2-4-18)11-20-17(21)16-14-6-12-5-13(8-14)9-15(16)7-12/h12-16H,1-11,19H2,(H,20,21). The molecular formula is C18H30N2O. The van der Waals surface area contributed by atoms with Gasteiger partial charge < -0.3 is 11.1 Å². The van der Waals surface area contributed by atoms with Crippen molar-refractivity contribution in [2.24, 2.45) is 40.7 Å². The van der Waals surface area contributed by atoms with Gasteiger partial charge >= 0.3 is 0 Å². The topological polar surface area (TPSA) is 55.1 Å². The average Bonchev–Trinajstić information content (AvgIpc) is 2.93. The van der Waals surface area contributed by atoms with E-state index in [1.54, 1.807) is 0 Å². The summed E-state index contributed by atoms with van der Waals surface area (Å²) < 4.78 is 0. The van der Waals surface area contributed by atoms with Crippen LogP contribution in [-0.4, -0.2) is 19.0 Å². The van der Waals surface area contributed by atoms with E-state index in [1.165, 1.54) is 57.8 Å². The van der Waals surface area contributed by atoms with Gasteiger partial charge in [-0.1, -0.05) is 12.8 Å². The van der Waals surface area contributed by atoms with E-state index in [0.717, 1.165) is 24.9 Å². The van der Waals surface area contributed by atoms with Gasteiger partial charge in [-0.2, -0.15) is 0 Å². The van der Waals surface area contributed by atoms with E-state index >= 15 is 0 Å². The monoisotopic (exact) mass is 290 g/mol. The van der Waals surface area contributed by atoms with E-state index in [-0.39, 0.29) is 5.41 Å². The molecule has 3 heteroatoms. The minimum absolute atomic E-state index is 0.210. The second-order valence-electron chi connectivity index (χ2n) is 8.59. The lowest BCUT2D eigenvalue weighted by molar-refractivity contribution is -0.138. The predicted octanol–water partition coefficient (Wildman–Crippen LogP) is 2.69.